The first kappa shape index (κ1) is 21.2. The van der Waals surface area contributed by atoms with E-state index in [9.17, 15) is 0 Å². The van der Waals surface area contributed by atoms with Crippen molar-refractivity contribution < 1.29 is 9.47 Å². The lowest BCUT2D eigenvalue weighted by molar-refractivity contribution is 0.0222. The third-order valence-electron chi connectivity index (χ3n) is 5.27. The molecule has 0 aromatic rings. The number of rotatable bonds is 5. The van der Waals surface area contributed by atoms with Gasteiger partial charge in [-0.1, -0.05) is 0 Å². The molecule has 146 valence electrons. The van der Waals surface area contributed by atoms with Gasteiger partial charge in [-0.05, 0) is 38.5 Å². The summed E-state index contributed by atoms with van der Waals surface area (Å²) in [4.78, 5) is 9.85. The number of guanidine groups is 1. The molecule has 0 aromatic heterocycles. The zero-order valence-corrected chi connectivity index (χ0v) is 18.0. The van der Waals surface area contributed by atoms with E-state index in [0.717, 1.165) is 77.4 Å². The molecule has 3 aliphatic rings. The van der Waals surface area contributed by atoms with Crippen molar-refractivity contribution >= 4 is 29.9 Å². The molecule has 0 amide bonds. The van der Waals surface area contributed by atoms with Crippen molar-refractivity contribution in [1.82, 2.24) is 15.1 Å². The molecule has 0 radical (unpaired) electrons. The molecular formula is C18H35IN4O2. The molecule has 3 fully saturated rings. The number of nitrogens with one attached hydrogen (secondary N) is 1. The first-order valence-corrected chi connectivity index (χ1v) is 9.80. The van der Waals surface area contributed by atoms with E-state index < -0.39 is 0 Å². The van der Waals surface area contributed by atoms with Crippen molar-refractivity contribution in [3.63, 3.8) is 0 Å². The van der Waals surface area contributed by atoms with Gasteiger partial charge in [0.15, 0.2) is 5.96 Å². The SMILES string of the molecule is CCNC(=NCC1CCCCO1)N1CCN(CC2CCOC2)CC1.I. The monoisotopic (exact) mass is 466 g/mol. The molecule has 1 N–H and O–H groups in total. The van der Waals surface area contributed by atoms with E-state index >= 15 is 0 Å². The standard InChI is InChI=1S/C18H34N4O2.HI/c1-2-19-18(20-13-17-5-3-4-11-24-17)22-9-7-21(8-10-22)14-16-6-12-23-15-16;/h16-17H,2-15H2,1H3,(H,19,20);1H. The third-order valence-corrected chi connectivity index (χ3v) is 5.27. The van der Waals surface area contributed by atoms with Crippen LogP contribution in [0.3, 0.4) is 0 Å². The average molecular weight is 466 g/mol. The highest BCUT2D eigenvalue weighted by molar-refractivity contribution is 14.0. The maximum Gasteiger partial charge on any atom is 0.194 e. The van der Waals surface area contributed by atoms with E-state index in [-0.39, 0.29) is 24.0 Å². The van der Waals surface area contributed by atoms with Crippen molar-refractivity contribution in [1.29, 1.82) is 0 Å². The van der Waals surface area contributed by atoms with Crippen LogP contribution in [-0.2, 0) is 9.47 Å². The second kappa shape index (κ2) is 11.6. The Labute approximate surface area is 169 Å². The smallest absolute Gasteiger partial charge is 0.194 e. The predicted octanol–water partition coefficient (Wildman–Crippen LogP) is 1.79. The van der Waals surface area contributed by atoms with Gasteiger partial charge in [-0.2, -0.15) is 0 Å². The number of halogens is 1. The summed E-state index contributed by atoms with van der Waals surface area (Å²) in [5, 5.41) is 3.46. The molecule has 25 heavy (non-hydrogen) atoms. The lowest BCUT2D eigenvalue weighted by atomic mass is 10.1. The van der Waals surface area contributed by atoms with Crippen molar-refractivity contribution in [2.75, 3.05) is 65.6 Å². The number of hydrogen-bond donors (Lipinski definition) is 1. The molecule has 6 nitrogen and oxygen atoms in total. The van der Waals surface area contributed by atoms with Crippen LogP contribution < -0.4 is 5.32 Å². The van der Waals surface area contributed by atoms with E-state index in [1.54, 1.807) is 0 Å². The Bertz CT molecular complexity index is 391. The largest absolute Gasteiger partial charge is 0.381 e. The Morgan fingerprint density at radius 3 is 2.60 bits per heavy atom. The van der Waals surface area contributed by atoms with E-state index in [1.807, 2.05) is 0 Å². The summed E-state index contributed by atoms with van der Waals surface area (Å²) in [7, 11) is 0. The van der Waals surface area contributed by atoms with Crippen molar-refractivity contribution in [3.05, 3.63) is 0 Å². The van der Waals surface area contributed by atoms with Crippen LogP contribution in [0.4, 0.5) is 0 Å². The Morgan fingerprint density at radius 1 is 1.12 bits per heavy atom. The molecule has 2 unspecified atom stereocenters. The van der Waals surface area contributed by atoms with Crippen molar-refractivity contribution in [2.24, 2.45) is 10.9 Å². The molecule has 3 aliphatic heterocycles. The quantitative estimate of drug-likeness (QED) is 0.381. The molecule has 0 spiro atoms. The van der Waals surface area contributed by atoms with Crippen LogP contribution in [0.15, 0.2) is 4.99 Å². The van der Waals surface area contributed by atoms with E-state index in [0.29, 0.717) is 6.10 Å². The number of hydrogen-bond acceptors (Lipinski definition) is 4. The van der Waals surface area contributed by atoms with Crippen molar-refractivity contribution in [3.8, 4) is 0 Å². The summed E-state index contributed by atoms with van der Waals surface area (Å²) in [6, 6.07) is 0. The highest BCUT2D eigenvalue weighted by atomic mass is 127. The van der Waals surface area contributed by atoms with Crippen LogP contribution in [0.1, 0.15) is 32.6 Å². The van der Waals surface area contributed by atoms with Gasteiger partial charge in [-0.15, -0.1) is 24.0 Å². The van der Waals surface area contributed by atoms with Gasteiger partial charge in [-0.25, -0.2) is 0 Å². The van der Waals surface area contributed by atoms with Gasteiger partial charge in [0.05, 0.1) is 19.3 Å². The predicted molar refractivity (Wildman–Crippen MR) is 112 cm³/mol. The Morgan fingerprint density at radius 2 is 1.96 bits per heavy atom. The van der Waals surface area contributed by atoms with Crippen LogP contribution >= 0.6 is 24.0 Å². The Kier molecular flexibility index (Phi) is 9.80. The average Bonchev–Trinajstić information content (AvgIpc) is 3.13. The maximum absolute atomic E-state index is 5.81. The number of nitrogens with zero attached hydrogens (tertiary/aromatic N) is 3. The van der Waals surface area contributed by atoms with Crippen molar-refractivity contribution in [2.45, 2.75) is 38.7 Å². The van der Waals surface area contributed by atoms with Gasteiger partial charge >= 0.3 is 0 Å². The van der Waals surface area contributed by atoms with E-state index in [1.165, 1.54) is 25.8 Å². The van der Waals surface area contributed by atoms with Crippen LogP contribution in [-0.4, -0.2) is 87.5 Å². The van der Waals surface area contributed by atoms with Gasteiger partial charge in [0, 0.05) is 52.5 Å². The first-order valence-electron chi connectivity index (χ1n) is 9.80. The summed E-state index contributed by atoms with van der Waals surface area (Å²) >= 11 is 0. The summed E-state index contributed by atoms with van der Waals surface area (Å²) in [6.07, 6.45) is 5.18. The highest BCUT2D eigenvalue weighted by Crippen LogP contribution is 2.16. The van der Waals surface area contributed by atoms with Crippen LogP contribution in [0.25, 0.3) is 0 Å². The summed E-state index contributed by atoms with van der Waals surface area (Å²) in [5.41, 5.74) is 0. The van der Waals surface area contributed by atoms with E-state index in [4.69, 9.17) is 14.5 Å². The number of piperazine rings is 1. The third kappa shape index (κ3) is 6.84. The minimum Gasteiger partial charge on any atom is -0.381 e. The van der Waals surface area contributed by atoms with Gasteiger partial charge in [-0.3, -0.25) is 9.89 Å². The lowest BCUT2D eigenvalue weighted by Crippen LogP contribution is -2.53. The van der Waals surface area contributed by atoms with Crippen LogP contribution in [0, 0.1) is 5.92 Å². The minimum atomic E-state index is 0. The van der Waals surface area contributed by atoms with Crippen LogP contribution in [0.2, 0.25) is 0 Å². The molecule has 0 saturated carbocycles. The van der Waals surface area contributed by atoms with E-state index in [2.05, 4.69) is 22.0 Å². The lowest BCUT2D eigenvalue weighted by Gasteiger charge is -2.37. The molecule has 3 rings (SSSR count). The second-order valence-corrected chi connectivity index (χ2v) is 7.20. The topological polar surface area (TPSA) is 49.3 Å². The summed E-state index contributed by atoms with van der Waals surface area (Å²) in [5.74, 6) is 1.80. The summed E-state index contributed by atoms with van der Waals surface area (Å²) < 4.78 is 11.3. The molecule has 0 bridgehead atoms. The summed E-state index contributed by atoms with van der Waals surface area (Å²) in [6.45, 7) is 12.2. The number of ether oxygens (including phenoxy) is 2. The molecule has 0 aromatic carbocycles. The Hall–Kier alpha value is -0.120. The normalized spacial score (nSPS) is 28.7. The molecule has 7 heteroatoms. The maximum atomic E-state index is 5.81. The van der Waals surface area contributed by atoms with Gasteiger partial charge < -0.3 is 19.7 Å². The fourth-order valence-electron chi connectivity index (χ4n) is 3.80. The molecule has 3 heterocycles. The second-order valence-electron chi connectivity index (χ2n) is 7.20. The van der Waals surface area contributed by atoms with Gasteiger partial charge in [0.2, 0.25) is 0 Å². The molecule has 3 saturated heterocycles. The van der Waals surface area contributed by atoms with Gasteiger partial charge in [0.25, 0.3) is 0 Å². The molecule has 2 atom stereocenters. The highest BCUT2D eigenvalue weighted by Gasteiger charge is 2.24. The molecule has 0 aliphatic carbocycles. The zero-order valence-electron chi connectivity index (χ0n) is 15.6. The molecular weight excluding hydrogens is 431 g/mol. The fourth-order valence-corrected chi connectivity index (χ4v) is 3.80. The Balaban J connectivity index is 0.00000225. The number of aliphatic imine (C=N–C) groups is 1. The fraction of sp³-hybridized carbons (Fsp3) is 0.944. The van der Waals surface area contributed by atoms with Gasteiger partial charge in [0.1, 0.15) is 0 Å². The zero-order chi connectivity index (χ0) is 16.6. The minimum absolute atomic E-state index is 0. The first-order chi connectivity index (χ1) is 11.8. The van der Waals surface area contributed by atoms with Crippen LogP contribution in [0.5, 0.6) is 0 Å².